The van der Waals surface area contributed by atoms with Gasteiger partial charge in [-0.15, -0.1) is 0 Å². The lowest BCUT2D eigenvalue weighted by Gasteiger charge is -2.05. The van der Waals surface area contributed by atoms with Crippen LogP contribution in [-0.4, -0.2) is 0 Å². The van der Waals surface area contributed by atoms with E-state index in [1.807, 2.05) is 30.3 Å². The topological polar surface area (TPSA) is 9.23 Å². The van der Waals surface area contributed by atoms with Gasteiger partial charge in [0.15, 0.2) is 0 Å². The highest BCUT2D eigenvalue weighted by Gasteiger charge is 1.96. The van der Waals surface area contributed by atoms with Gasteiger partial charge >= 0.3 is 0 Å². The molecular formula is C13H11FO. The van der Waals surface area contributed by atoms with Crippen molar-refractivity contribution in [2.75, 3.05) is 0 Å². The predicted octanol–water partition coefficient (Wildman–Crippen LogP) is 3.40. The first-order valence-corrected chi connectivity index (χ1v) is 4.77. The molecule has 0 fully saturated rings. The van der Waals surface area contributed by atoms with Crippen LogP contribution in [0, 0.1) is 5.82 Å². The van der Waals surface area contributed by atoms with Gasteiger partial charge in [0.25, 0.3) is 0 Å². The Morgan fingerprint density at radius 3 is 2.47 bits per heavy atom. The second-order valence-corrected chi connectivity index (χ2v) is 3.23. The molecule has 1 nitrogen and oxygen atoms in total. The average molecular weight is 202 g/mol. The van der Waals surface area contributed by atoms with Crippen LogP contribution in [0.1, 0.15) is 5.56 Å². The number of rotatable bonds is 3. The highest BCUT2D eigenvalue weighted by molar-refractivity contribution is 5.23. The van der Waals surface area contributed by atoms with Crippen LogP contribution in [0.15, 0.2) is 54.6 Å². The lowest BCUT2D eigenvalue weighted by atomic mass is 10.2. The molecule has 0 aromatic heterocycles. The Morgan fingerprint density at radius 2 is 1.73 bits per heavy atom. The van der Waals surface area contributed by atoms with E-state index in [0.717, 1.165) is 5.56 Å². The largest absolute Gasteiger partial charge is 0.489 e. The summed E-state index contributed by atoms with van der Waals surface area (Å²) in [6.07, 6.45) is 0. The van der Waals surface area contributed by atoms with Crippen LogP contribution in [0.2, 0.25) is 0 Å². The van der Waals surface area contributed by atoms with E-state index in [9.17, 15) is 4.39 Å². The fourth-order valence-electron chi connectivity index (χ4n) is 1.30. The molecule has 0 heterocycles. The van der Waals surface area contributed by atoms with E-state index in [1.165, 1.54) is 12.1 Å². The molecular weight excluding hydrogens is 191 g/mol. The molecule has 2 aromatic rings. The summed E-state index contributed by atoms with van der Waals surface area (Å²) in [6, 6.07) is 15.9. The van der Waals surface area contributed by atoms with Gasteiger partial charge < -0.3 is 4.74 Å². The first-order chi connectivity index (χ1) is 7.34. The third-order valence-electron chi connectivity index (χ3n) is 2.04. The first-order valence-electron chi connectivity index (χ1n) is 4.77. The first kappa shape index (κ1) is 9.71. The molecule has 0 radical (unpaired) electrons. The molecule has 0 bridgehead atoms. The van der Waals surface area contributed by atoms with Gasteiger partial charge in [-0.1, -0.05) is 36.4 Å². The van der Waals surface area contributed by atoms with Crippen molar-refractivity contribution in [1.29, 1.82) is 0 Å². The normalized spacial score (nSPS) is 9.93. The molecule has 0 unspecified atom stereocenters. The molecule has 0 aliphatic carbocycles. The summed E-state index contributed by atoms with van der Waals surface area (Å²) in [7, 11) is 0. The summed E-state index contributed by atoms with van der Waals surface area (Å²) in [5, 5.41) is 0. The van der Waals surface area contributed by atoms with E-state index in [0.29, 0.717) is 12.4 Å². The van der Waals surface area contributed by atoms with E-state index < -0.39 is 0 Å². The fraction of sp³-hybridized carbons (Fsp3) is 0.0769. The minimum atomic E-state index is -0.277. The second-order valence-electron chi connectivity index (χ2n) is 3.23. The summed E-state index contributed by atoms with van der Waals surface area (Å²) in [6.45, 7) is 0.463. The maximum Gasteiger partial charge on any atom is 0.126 e. The maximum absolute atomic E-state index is 12.8. The summed E-state index contributed by atoms with van der Waals surface area (Å²) < 4.78 is 18.2. The van der Waals surface area contributed by atoms with Crippen LogP contribution in [0.3, 0.4) is 0 Å². The zero-order valence-electron chi connectivity index (χ0n) is 8.19. The molecule has 15 heavy (non-hydrogen) atoms. The molecule has 0 saturated heterocycles. The minimum Gasteiger partial charge on any atom is -0.489 e. The van der Waals surface area contributed by atoms with Crippen LogP contribution in [0.25, 0.3) is 0 Å². The summed E-state index contributed by atoms with van der Waals surface area (Å²) in [5.74, 6) is 0.277. The van der Waals surface area contributed by atoms with Crippen molar-refractivity contribution in [2.24, 2.45) is 0 Å². The lowest BCUT2D eigenvalue weighted by molar-refractivity contribution is 0.304. The SMILES string of the molecule is Fc1cccc(OCc2ccccc2)c1. The summed E-state index contributed by atoms with van der Waals surface area (Å²) in [5.41, 5.74) is 1.07. The van der Waals surface area contributed by atoms with Crippen molar-refractivity contribution >= 4 is 0 Å². The smallest absolute Gasteiger partial charge is 0.126 e. The third kappa shape index (κ3) is 2.81. The quantitative estimate of drug-likeness (QED) is 0.741. The third-order valence-corrected chi connectivity index (χ3v) is 2.04. The van der Waals surface area contributed by atoms with Gasteiger partial charge in [-0.2, -0.15) is 0 Å². The molecule has 2 aromatic carbocycles. The van der Waals surface area contributed by atoms with E-state index >= 15 is 0 Å². The highest BCUT2D eigenvalue weighted by atomic mass is 19.1. The molecule has 0 N–H and O–H groups in total. The molecule has 0 aliphatic rings. The van der Waals surface area contributed by atoms with Crippen LogP contribution >= 0.6 is 0 Å². The molecule has 0 saturated carbocycles. The second kappa shape index (κ2) is 4.60. The zero-order chi connectivity index (χ0) is 10.5. The average Bonchev–Trinajstić information content (AvgIpc) is 2.28. The molecule has 0 amide bonds. The number of benzene rings is 2. The number of ether oxygens (including phenoxy) is 1. The van der Waals surface area contributed by atoms with Crippen molar-refractivity contribution in [2.45, 2.75) is 6.61 Å². The Balaban J connectivity index is 1.99. The van der Waals surface area contributed by atoms with Gasteiger partial charge in [-0.25, -0.2) is 4.39 Å². The fourth-order valence-corrected chi connectivity index (χ4v) is 1.30. The Bertz CT molecular complexity index is 426. The zero-order valence-corrected chi connectivity index (χ0v) is 8.19. The molecule has 2 heteroatoms. The molecule has 76 valence electrons. The highest BCUT2D eigenvalue weighted by Crippen LogP contribution is 2.13. The van der Waals surface area contributed by atoms with Gasteiger partial charge in [0.05, 0.1) is 0 Å². The van der Waals surface area contributed by atoms with Crippen molar-refractivity contribution in [3.63, 3.8) is 0 Å². The van der Waals surface area contributed by atoms with Crippen molar-refractivity contribution in [3.8, 4) is 5.75 Å². The number of hydrogen-bond acceptors (Lipinski definition) is 1. The van der Waals surface area contributed by atoms with Crippen LogP contribution < -0.4 is 4.74 Å². The minimum absolute atomic E-state index is 0.277. The number of halogens is 1. The van der Waals surface area contributed by atoms with E-state index in [2.05, 4.69) is 0 Å². The van der Waals surface area contributed by atoms with Gasteiger partial charge in [0.1, 0.15) is 18.2 Å². The molecule has 0 spiro atoms. The van der Waals surface area contributed by atoms with E-state index in [1.54, 1.807) is 12.1 Å². The van der Waals surface area contributed by atoms with Crippen molar-refractivity contribution < 1.29 is 9.13 Å². The predicted molar refractivity (Wildman–Crippen MR) is 57.2 cm³/mol. The number of hydrogen-bond donors (Lipinski definition) is 0. The Kier molecular flexibility index (Phi) is 2.98. The van der Waals surface area contributed by atoms with E-state index in [4.69, 9.17) is 4.74 Å². The van der Waals surface area contributed by atoms with E-state index in [-0.39, 0.29) is 5.82 Å². The maximum atomic E-state index is 12.8. The van der Waals surface area contributed by atoms with Crippen LogP contribution in [0.5, 0.6) is 5.75 Å². The molecule has 2 rings (SSSR count). The van der Waals surface area contributed by atoms with Gasteiger partial charge in [0.2, 0.25) is 0 Å². The lowest BCUT2D eigenvalue weighted by Crippen LogP contribution is -1.94. The summed E-state index contributed by atoms with van der Waals surface area (Å²) >= 11 is 0. The van der Waals surface area contributed by atoms with Crippen LogP contribution in [0.4, 0.5) is 4.39 Å². The monoisotopic (exact) mass is 202 g/mol. The standard InChI is InChI=1S/C13H11FO/c14-12-7-4-8-13(9-12)15-10-11-5-2-1-3-6-11/h1-9H,10H2. The van der Waals surface area contributed by atoms with Gasteiger partial charge in [-0.05, 0) is 17.7 Å². The summed E-state index contributed by atoms with van der Waals surface area (Å²) in [4.78, 5) is 0. The Morgan fingerprint density at radius 1 is 0.933 bits per heavy atom. The Labute approximate surface area is 88.1 Å². The molecule has 0 atom stereocenters. The Hall–Kier alpha value is -1.83. The van der Waals surface area contributed by atoms with Gasteiger partial charge in [0, 0.05) is 6.07 Å². The van der Waals surface area contributed by atoms with Gasteiger partial charge in [-0.3, -0.25) is 0 Å². The molecule has 0 aliphatic heterocycles. The van der Waals surface area contributed by atoms with Crippen LogP contribution in [-0.2, 0) is 6.61 Å². The van der Waals surface area contributed by atoms with Crippen molar-refractivity contribution in [3.05, 3.63) is 66.0 Å². The van der Waals surface area contributed by atoms with Crippen molar-refractivity contribution in [1.82, 2.24) is 0 Å².